The molecule has 0 radical (unpaired) electrons. The van der Waals surface area contributed by atoms with Crippen LogP contribution in [-0.2, 0) is 19.4 Å². The summed E-state index contributed by atoms with van der Waals surface area (Å²) < 4.78 is 0. The number of amides is 1. The third kappa shape index (κ3) is 3.90. The van der Waals surface area contributed by atoms with Crippen LogP contribution in [-0.4, -0.2) is 65.3 Å². The second-order valence-corrected chi connectivity index (χ2v) is 11.5. The number of hydrogen-bond donors (Lipinski definition) is 1. The van der Waals surface area contributed by atoms with Crippen LogP contribution < -0.4 is 15.5 Å². The van der Waals surface area contributed by atoms with Gasteiger partial charge in [0, 0.05) is 51.5 Å². The van der Waals surface area contributed by atoms with Crippen LogP contribution in [0.3, 0.4) is 0 Å². The zero-order chi connectivity index (χ0) is 26.7. The second kappa shape index (κ2) is 9.12. The second-order valence-electron chi connectivity index (χ2n) is 11.5. The van der Waals surface area contributed by atoms with E-state index in [1.54, 1.807) is 19.0 Å². The van der Waals surface area contributed by atoms with E-state index in [4.69, 9.17) is 20.7 Å². The van der Waals surface area contributed by atoms with E-state index in [2.05, 4.69) is 26.9 Å². The molecule has 0 saturated carbocycles. The number of piperidine rings is 1. The van der Waals surface area contributed by atoms with Gasteiger partial charge in [-0.1, -0.05) is 6.07 Å². The van der Waals surface area contributed by atoms with Gasteiger partial charge in [-0.3, -0.25) is 14.8 Å². The molecule has 1 saturated heterocycles. The minimum Gasteiger partial charge on any atom is -0.355 e. The van der Waals surface area contributed by atoms with Crippen molar-refractivity contribution in [3.8, 4) is 0 Å². The van der Waals surface area contributed by atoms with E-state index in [0.29, 0.717) is 12.1 Å². The summed E-state index contributed by atoms with van der Waals surface area (Å²) in [5.74, 6) is 1.85. The van der Waals surface area contributed by atoms with Crippen molar-refractivity contribution in [1.82, 2.24) is 19.9 Å². The molecular weight excluding hydrogens is 488 g/mol. The Morgan fingerprint density at radius 2 is 1.95 bits per heavy atom. The van der Waals surface area contributed by atoms with Gasteiger partial charge < -0.3 is 20.4 Å². The Kier molecular flexibility index (Phi) is 5.66. The van der Waals surface area contributed by atoms with Gasteiger partial charge in [0.1, 0.15) is 11.5 Å². The van der Waals surface area contributed by atoms with Gasteiger partial charge in [-0.25, -0.2) is 9.97 Å². The van der Waals surface area contributed by atoms with Gasteiger partial charge in [-0.15, -0.1) is 0 Å². The number of aryl methyl sites for hydroxylation is 1. The van der Waals surface area contributed by atoms with E-state index >= 15 is 0 Å². The lowest BCUT2D eigenvalue weighted by atomic mass is 9.73. The number of amidine groups is 1. The van der Waals surface area contributed by atoms with Gasteiger partial charge in [0.25, 0.3) is 5.91 Å². The number of anilines is 2. The first-order valence-electron chi connectivity index (χ1n) is 13.9. The number of carbonyl (C=O) groups is 1. The Labute approximate surface area is 228 Å². The number of aromatic nitrogens is 3. The highest BCUT2D eigenvalue weighted by atomic mass is 16.2. The van der Waals surface area contributed by atoms with Gasteiger partial charge in [-0.2, -0.15) is 0 Å². The highest BCUT2D eigenvalue weighted by Crippen LogP contribution is 2.51. The fourth-order valence-corrected chi connectivity index (χ4v) is 6.84. The van der Waals surface area contributed by atoms with E-state index in [1.165, 1.54) is 5.56 Å². The topological polar surface area (TPSA) is 104 Å². The third-order valence-electron chi connectivity index (χ3n) is 9.05. The molecule has 1 fully saturated rings. The fraction of sp³-hybridized carbons (Fsp3) is 0.433. The van der Waals surface area contributed by atoms with Crippen LogP contribution in [0.5, 0.6) is 0 Å². The molecule has 9 nitrogen and oxygen atoms in total. The van der Waals surface area contributed by atoms with Crippen LogP contribution in [0.15, 0.2) is 47.7 Å². The SMILES string of the molecule is CN(C)C(=O)c1ccc2c(c1)[C@@H](N)C1(CCN(c3cnc4c(n3)CN=C4N3CCCc4ncccc43)CC1)C2. The summed E-state index contributed by atoms with van der Waals surface area (Å²) in [5, 5.41) is 0. The quantitative estimate of drug-likeness (QED) is 0.552. The summed E-state index contributed by atoms with van der Waals surface area (Å²) in [7, 11) is 3.57. The van der Waals surface area contributed by atoms with Crippen LogP contribution in [0, 0.1) is 5.41 Å². The molecule has 2 aromatic heterocycles. The van der Waals surface area contributed by atoms with E-state index in [-0.39, 0.29) is 17.4 Å². The zero-order valence-electron chi connectivity index (χ0n) is 22.6. The molecule has 1 amide bonds. The molecule has 1 aromatic carbocycles. The predicted molar refractivity (Wildman–Crippen MR) is 151 cm³/mol. The standard InChI is InChI=1S/C30H34N8O/c1-36(2)29(39)19-7-8-20-16-30(27(31)21(20)15-19)9-13-37(14-10-30)25-18-33-26-23(35-25)17-34-28(26)38-12-4-5-22-24(38)6-3-11-32-22/h3,6-8,11,15,18,27H,4-5,9-10,12-14,16-17,31H2,1-2H3/t27-/m1/s1. The molecule has 0 unspecified atom stereocenters. The smallest absolute Gasteiger partial charge is 0.253 e. The number of benzene rings is 1. The summed E-state index contributed by atoms with van der Waals surface area (Å²) in [4.78, 5) is 38.1. The number of nitrogens with zero attached hydrogens (tertiary/aromatic N) is 7. The molecule has 9 heteroatoms. The van der Waals surface area contributed by atoms with E-state index in [0.717, 1.165) is 91.7 Å². The van der Waals surface area contributed by atoms with E-state index in [1.807, 2.05) is 30.6 Å². The summed E-state index contributed by atoms with van der Waals surface area (Å²) in [6, 6.07) is 10.1. The Bertz CT molecular complexity index is 1490. The lowest BCUT2D eigenvalue weighted by Crippen LogP contribution is -2.44. The molecule has 4 aliphatic rings. The van der Waals surface area contributed by atoms with Crippen molar-refractivity contribution >= 4 is 23.2 Å². The number of fused-ring (bicyclic) bond motifs is 3. The number of hydrogen-bond acceptors (Lipinski definition) is 8. The monoisotopic (exact) mass is 522 g/mol. The molecule has 1 aliphatic carbocycles. The Balaban J connectivity index is 1.06. The normalized spacial score (nSPS) is 20.9. The van der Waals surface area contributed by atoms with Crippen LogP contribution in [0.1, 0.15) is 63.9 Å². The molecule has 39 heavy (non-hydrogen) atoms. The van der Waals surface area contributed by atoms with Crippen molar-refractivity contribution in [2.75, 3.05) is 43.5 Å². The first kappa shape index (κ1) is 24.2. The number of aliphatic imine (C=N–C) groups is 1. The third-order valence-corrected chi connectivity index (χ3v) is 9.05. The van der Waals surface area contributed by atoms with Crippen molar-refractivity contribution in [2.45, 2.75) is 44.7 Å². The zero-order valence-corrected chi connectivity index (χ0v) is 22.6. The van der Waals surface area contributed by atoms with E-state index in [9.17, 15) is 4.79 Å². The average molecular weight is 523 g/mol. The predicted octanol–water partition coefficient (Wildman–Crippen LogP) is 3.13. The van der Waals surface area contributed by atoms with Gasteiger partial charge in [0.05, 0.1) is 29.8 Å². The van der Waals surface area contributed by atoms with Crippen molar-refractivity contribution in [1.29, 1.82) is 0 Å². The lowest BCUT2D eigenvalue weighted by molar-refractivity contribution is 0.0827. The highest BCUT2D eigenvalue weighted by Gasteiger charge is 2.46. The number of nitrogens with two attached hydrogens (primary N) is 1. The van der Waals surface area contributed by atoms with Crippen LogP contribution in [0.25, 0.3) is 0 Å². The molecule has 5 heterocycles. The van der Waals surface area contributed by atoms with Crippen molar-refractivity contribution < 1.29 is 4.79 Å². The molecule has 3 aliphatic heterocycles. The lowest BCUT2D eigenvalue weighted by Gasteiger charge is -2.42. The van der Waals surface area contributed by atoms with Crippen LogP contribution in [0.2, 0.25) is 0 Å². The average Bonchev–Trinajstić information content (AvgIpc) is 3.50. The molecule has 200 valence electrons. The number of carbonyl (C=O) groups excluding carboxylic acids is 1. The minimum absolute atomic E-state index is 0.0178. The number of pyridine rings is 1. The first-order valence-corrected chi connectivity index (χ1v) is 13.9. The maximum atomic E-state index is 12.5. The summed E-state index contributed by atoms with van der Waals surface area (Å²) in [6.45, 7) is 3.25. The molecule has 0 bridgehead atoms. The Morgan fingerprint density at radius 1 is 1.10 bits per heavy atom. The largest absolute Gasteiger partial charge is 0.355 e. The highest BCUT2D eigenvalue weighted by molar-refractivity contribution is 6.11. The van der Waals surface area contributed by atoms with Gasteiger partial charge >= 0.3 is 0 Å². The van der Waals surface area contributed by atoms with Gasteiger partial charge in [0.2, 0.25) is 0 Å². The van der Waals surface area contributed by atoms with Crippen molar-refractivity contribution in [3.05, 3.63) is 76.5 Å². The molecule has 1 atom stereocenters. The molecule has 1 spiro atoms. The van der Waals surface area contributed by atoms with Crippen molar-refractivity contribution in [2.24, 2.45) is 16.1 Å². The molecule has 2 N–H and O–H groups in total. The fourth-order valence-electron chi connectivity index (χ4n) is 6.84. The molecule has 7 rings (SSSR count). The summed E-state index contributed by atoms with van der Waals surface area (Å²) >= 11 is 0. The number of rotatable bonds is 2. The van der Waals surface area contributed by atoms with Crippen molar-refractivity contribution in [3.63, 3.8) is 0 Å². The Morgan fingerprint density at radius 3 is 2.77 bits per heavy atom. The maximum Gasteiger partial charge on any atom is 0.253 e. The minimum atomic E-state index is -0.0615. The summed E-state index contributed by atoms with van der Waals surface area (Å²) in [5.41, 5.74) is 14.1. The van der Waals surface area contributed by atoms with E-state index < -0.39 is 0 Å². The first-order chi connectivity index (χ1) is 18.9. The Hall–Kier alpha value is -3.85. The summed E-state index contributed by atoms with van der Waals surface area (Å²) in [6.07, 6.45) is 8.76. The molecular formula is C30H34N8O. The maximum absolute atomic E-state index is 12.5. The van der Waals surface area contributed by atoms with Crippen LogP contribution >= 0.6 is 0 Å². The van der Waals surface area contributed by atoms with Crippen LogP contribution in [0.4, 0.5) is 11.5 Å². The van der Waals surface area contributed by atoms with Gasteiger partial charge in [-0.05, 0) is 72.9 Å². The van der Waals surface area contributed by atoms with Gasteiger partial charge in [0.15, 0.2) is 5.84 Å². The molecule has 3 aromatic rings.